The van der Waals surface area contributed by atoms with Crippen molar-refractivity contribution in [2.75, 3.05) is 12.8 Å². The monoisotopic (exact) mass is 301 g/mol. The van der Waals surface area contributed by atoms with E-state index in [9.17, 15) is 9.36 Å². The molecule has 0 aliphatic rings. The molecule has 3 N–H and O–H groups in total. The highest BCUT2D eigenvalue weighted by Gasteiger charge is 2.15. The van der Waals surface area contributed by atoms with Crippen LogP contribution in [0.3, 0.4) is 0 Å². The van der Waals surface area contributed by atoms with Crippen molar-refractivity contribution in [2.45, 2.75) is 26.2 Å². The first-order chi connectivity index (χ1) is 9.33. The maximum Gasteiger partial charge on any atom is 0.339 e. The third kappa shape index (κ3) is 5.84. The SMILES string of the molecule is CCC(C)c1ccccc1OC(=O)CNCP(=O)(O)O. The molecule has 0 bridgehead atoms. The Hall–Kier alpha value is -1.20. The van der Waals surface area contributed by atoms with Crippen molar-refractivity contribution < 1.29 is 23.9 Å². The minimum Gasteiger partial charge on any atom is -0.425 e. The standard InChI is InChI=1S/C13H20NO5P/c1-3-10(2)11-6-4-5-7-12(11)19-13(15)8-14-9-20(16,17)18/h4-7,10,14H,3,8-9H2,1-2H3,(H2,16,17,18). The first kappa shape index (κ1) is 16.9. The topological polar surface area (TPSA) is 95.9 Å². The highest BCUT2D eigenvalue weighted by molar-refractivity contribution is 7.51. The zero-order valence-corrected chi connectivity index (χ0v) is 12.5. The maximum absolute atomic E-state index is 11.6. The maximum atomic E-state index is 11.6. The van der Waals surface area contributed by atoms with E-state index in [1.54, 1.807) is 12.1 Å². The number of rotatable bonds is 7. The summed E-state index contributed by atoms with van der Waals surface area (Å²) in [6, 6.07) is 7.27. The Bertz CT molecular complexity index is 499. The average Bonchev–Trinajstić information content (AvgIpc) is 2.37. The van der Waals surface area contributed by atoms with Gasteiger partial charge in [0.15, 0.2) is 0 Å². The molecule has 0 amide bonds. The molecule has 0 saturated carbocycles. The Morgan fingerprint density at radius 1 is 1.40 bits per heavy atom. The van der Waals surface area contributed by atoms with Crippen LogP contribution in [-0.2, 0) is 9.36 Å². The second kappa shape index (κ2) is 7.55. The molecule has 0 aromatic heterocycles. The predicted molar refractivity (Wildman–Crippen MR) is 75.7 cm³/mol. The van der Waals surface area contributed by atoms with Crippen molar-refractivity contribution in [1.29, 1.82) is 0 Å². The first-order valence-electron chi connectivity index (χ1n) is 6.38. The minimum absolute atomic E-state index is 0.250. The number of hydrogen-bond acceptors (Lipinski definition) is 4. The van der Waals surface area contributed by atoms with Gasteiger partial charge in [-0.2, -0.15) is 0 Å². The normalized spacial score (nSPS) is 13.0. The van der Waals surface area contributed by atoms with E-state index in [0.29, 0.717) is 5.75 Å². The largest absolute Gasteiger partial charge is 0.425 e. The van der Waals surface area contributed by atoms with Gasteiger partial charge in [-0.3, -0.25) is 14.7 Å². The number of nitrogens with one attached hydrogen (secondary N) is 1. The van der Waals surface area contributed by atoms with Crippen LogP contribution >= 0.6 is 7.60 Å². The number of para-hydroxylation sites is 1. The van der Waals surface area contributed by atoms with Crippen molar-refractivity contribution >= 4 is 13.6 Å². The number of ether oxygens (including phenoxy) is 1. The second-order valence-corrected chi connectivity index (χ2v) is 6.22. The van der Waals surface area contributed by atoms with Gasteiger partial charge in [-0.1, -0.05) is 32.0 Å². The fraction of sp³-hybridized carbons (Fsp3) is 0.462. The number of esters is 1. The van der Waals surface area contributed by atoms with Gasteiger partial charge < -0.3 is 14.5 Å². The summed E-state index contributed by atoms with van der Waals surface area (Å²) in [5.74, 6) is 0.182. The Balaban J connectivity index is 2.60. The van der Waals surface area contributed by atoms with Crippen LogP contribution in [0.25, 0.3) is 0 Å². The molecule has 1 aromatic carbocycles. The van der Waals surface area contributed by atoms with Gasteiger partial charge in [0, 0.05) is 0 Å². The van der Waals surface area contributed by atoms with Gasteiger partial charge in [0.2, 0.25) is 0 Å². The van der Waals surface area contributed by atoms with Gasteiger partial charge in [-0.05, 0) is 24.0 Å². The Morgan fingerprint density at radius 3 is 2.65 bits per heavy atom. The third-order valence-electron chi connectivity index (χ3n) is 2.87. The summed E-state index contributed by atoms with van der Waals surface area (Å²) in [6.45, 7) is 3.84. The molecule has 6 nitrogen and oxygen atoms in total. The number of carbonyl (C=O) groups is 1. The molecule has 20 heavy (non-hydrogen) atoms. The van der Waals surface area contributed by atoms with Crippen molar-refractivity contribution in [1.82, 2.24) is 5.32 Å². The summed E-state index contributed by atoms with van der Waals surface area (Å²) in [7, 11) is -4.15. The van der Waals surface area contributed by atoms with Crippen molar-refractivity contribution in [2.24, 2.45) is 0 Å². The Morgan fingerprint density at radius 2 is 2.05 bits per heavy atom. The van der Waals surface area contributed by atoms with Crippen LogP contribution < -0.4 is 10.1 Å². The minimum atomic E-state index is -4.15. The predicted octanol–water partition coefficient (Wildman–Crippen LogP) is 1.83. The molecule has 0 fully saturated rings. The lowest BCUT2D eigenvalue weighted by molar-refractivity contribution is -0.133. The van der Waals surface area contributed by atoms with E-state index in [1.165, 1.54) is 0 Å². The summed E-state index contributed by atoms with van der Waals surface area (Å²) >= 11 is 0. The number of benzene rings is 1. The molecule has 1 atom stereocenters. The Kier molecular flexibility index (Phi) is 6.36. The van der Waals surface area contributed by atoms with E-state index < -0.39 is 19.9 Å². The van der Waals surface area contributed by atoms with Gasteiger partial charge in [0.25, 0.3) is 0 Å². The fourth-order valence-corrected chi connectivity index (χ4v) is 2.07. The summed E-state index contributed by atoms with van der Waals surface area (Å²) in [4.78, 5) is 29.0. The van der Waals surface area contributed by atoms with Gasteiger partial charge in [0.1, 0.15) is 5.75 Å². The molecular weight excluding hydrogens is 281 g/mol. The molecule has 0 aliphatic heterocycles. The molecule has 1 aromatic rings. The van der Waals surface area contributed by atoms with E-state index in [4.69, 9.17) is 14.5 Å². The summed E-state index contributed by atoms with van der Waals surface area (Å²) < 4.78 is 15.9. The van der Waals surface area contributed by atoms with Crippen LogP contribution in [0, 0.1) is 0 Å². The van der Waals surface area contributed by atoms with E-state index in [2.05, 4.69) is 5.32 Å². The quantitative estimate of drug-likeness (QED) is 0.404. The molecular formula is C13H20NO5P. The van der Waals surface area contributed by atoms with Crippen molar-refractivity contribution in [3.05, 3.63) is 29.8 Å². The van der Waals surface area contributed by atoms with Crippen LogP contribution in [0.15, 0.2) is 24.3 Å². The molecule has 1 rings (SSSR count). The molecule has 0 heterocycles. The van der Waals surface area contributed by atoms with Gasteiger partial charge in [0.05, 0.1) is 12.8 Å². The second-order valence-electron chi connectivity index (χ2n) is 4.57. The lowest BCUT2D eigenvalue weighted by Crippen LogP contribution is -2.27. The zero-order chi connectivity index (χ0) is 15.2. The molecule has 0 aliphatic carbocycles. The van der Waals surface area contributed by atoms with Crippen LogP contribution in [-0.4, -0.2) is 28.6 Å². The summed E-state index contributed by atoms with van der Waals surface area (Å²) in [5.41, 5.74) is 0.943. The molecule has 0 radical (unpaired) electrons. The highest BCUT2D eigenvalue weighted by atomic mass is 31.2. The molecule has 7 heteroatoms. The van der Waals surface area contributed by atoms with Crippen LogP contribution in [0.4, 0.5) is 0 Å². The smallest absolute Gasteiger partial charge is 0.339 e. The van der Waals surface area contributed by atoms with Crippen LogP contribution in [0.2, 0.25) is 0 Å². The summed E-state index contributed by atoms with van der Waals surface area (Å²) in [6.07, 6.45) is 0.375. The third-order valence-corrected chi connectivity index (χ3v) is 3.51. The zero-order valence-electron chi connectivity index (χ0n) is 11.6. The lowest BCUT2D eigenvalue weighted by Gasteiger charge is -2.14. The molecule has 1 unspecified atom stereocenters. The number of hydrogen-bond donors (Lipinski definition) is 3. The summed E-state index contributed by atoms with van der Waals surface area (Å²) in [5, 5.41) is 2.37. The Labute approximate surface area is 118 Å². The van der Waals surface area contributed by atoms with Crippen molar-refractivity contribution in [3.63, 3.8) is 0 Å². The fourth-order valence-electron chi connectivity index (χ4n) is 1.66. The molecule has 0 spiro atoms. The lowest BCUT2D eigenvalue weighted by atomic mass is 9.98. The van der Waals surface area contributed by atoms with Gasteiger partial charge in [-0.15, -0.1) is 0 Å². The molecule has 0 saturated heterocycles. The highest BCUT2D eigenvalue weighted by Crippen LogP contribution is 2.32. The van der Waals surface area contributed by atoms with E-state index in [-0.39, 0.29) is 12.5 Å². The van der Waals surface area contributed by atoms with Crippen LogP contribution in [0.5, 0.6) is 5.75 Å². The molecule has 112 valence electrons. The van der Waals surface area contributed by atoms with Gasteiger partial charge in [-0.25, -0.2) is 0 Å². The van der Waals surface area contributed by atoms with Gasteiger partial charge >= 0.3 is 13.6 Å². The van der Waals surface area contributed by atoms with E-state index >= 15 is 0 Å². The average molecular weight is 301 g/mol. The van der Waals surface area contributed by atoms with Crippen LogP contribution in [0.1, 0.15) is 31.7 Å². The van der Waals surface area contributed by atoms with E-state index in [0.717, 1.165) is 12.0 Å². The first-order valence-corrected chi connectivity index (χ1v) is 8.18. The number of carbonyl (C=O) groups excluding carboxylic acids is 1. The van der Waals surface area contributed by atoms with E-state index in [1.807, 2.05) is 26.0 Å². The van der Waals surface area contributed by atoms with Crippen molar-refractivity contribution in [3.8, 4) is 5.75 Å².